The van der Waals surface area contributed by atoms with Gasteiger partial charge in [0.15, 0.2) is 0 Å². The average molecular weight is 200 g/mol. The van der Waals surface area contributed by atoms with Crippen molar-refractivity contribution in [3.05, 3.63) is 59.7 Å². The lowest BCUT2D eigenvalue weighted by Crippen LogP contribution is -1.96. The van der Waals surface area contributed by atoms with Crippen molar-refractivity contribution in [2.24, 2.45) is 0 Å². The van der Waals surface area contributed by atoms with Crippen LogP contribution in [0.15, 0.2) is 54.1 Å². The highest BCUT2D eigenvalue weighted by Crippen LogP contribution is 2.25. The largest absolute Gasteiger partial charge is 0.0877 e. The van der Waals surface area contributed by atoms with E-state index >= 15 is 0 Å². The summed E-state index contributed by atoms with van der Waals surface area (Å²) in [5.41, 5.74) is 2.88. The van der Waals surface area contributed by atoms with E-state index in [1.54, 1.807) is 0 Å². The third kappa shape index (κ3) is 3.39. The third-order valence-electron chi connectivity index (χ3n) is 2.77. The van der Waals surface area contributed by atoms with Crippen molar-refractivity contribution in [1.82, 2.24) is 0 Å². The van der Waals surface area contributed by atoms with Crippen LogP contribution in [0.2, 0.25) is 0 Å². The molecule has 1 unspecified atom stereocenters. The Balaban J connectivity index is 2.87. The molecule has 1 aromatic rings. The topological polar surface area (TPSA) is 0 Å². The summed E-state index contributed by atoms with van der Waals surface area (Å²) >= 11 is 0. The van der Waals surface area contributed by atoms with E-state index in [0.717, 1.165) is 6.42 Å². The van der Waals surface area contributed by atoms with Crippen molar-refractivity contribution in [2.45, 2.75) is 33.1 Å². The monoisotopic (exact) mass is 200 g/mol. The molecule has 0 nitrogen and oxygen atoms in total. The van der Waals surface area contributed by atoms with Crippen molar-refractivity contribution >= 4 is 0 Å². The first-order chi connectivity index (χ1) is 7.29. The summed E-state index contributed by atoms with van der Waals surface area (Å²) in [6.45, 7) is 6.54. The van der Waals surface area contributed by atoms with Gasteiger partial charge in [-0.05, 0) is 18.9 Å². The molecule has 0 heterocycles. The maximum absolute atomic E-state index is 2.27. The molecule has 0 bridgehead atoms. The zero-order chi connectivity index (χ0) is 11.1. The van der Waals surface area contributed by atoms with E-state index in [9.17, 15) is 0 Å². The average Bonchev–Trinajstić information content (AvgIpc) is 2.31. The SMILES string of the molecule is C/C=C\C=C(/CC)C(C)c1ccccc1. The van der Waals surface area contributed by atoms with E-state index in [-0.39, 0.29) is 0 Å². The number of allylic oxidation sites excluding steroid dienone is 4. The molecule has 1 atom stereocenters. The molecule has 0 fully saturated rings. The Morgan fingerprint density at radius 1 is 1.27 bits per heavy atom. The molecule has 1 rings (SSSR count). The molecule has 0 heteroatoms. The van der Waals surface area contributed by atoms with Gasteiger partial charge in [0.05, 0.1) is 0 Å². The molecule has 0 aliphatic carbocycles. The Morgan fingerprint density at radius 2 is 1.93 bits per heavy atom. The van der Waals surface area contributed by atoms with E-state index in [0.29, 0.717) is 5.92 Å². The summed E-state index contributed by atoms with van der Waals surface area (Å²) in [6, 6.07) is 10.7. The predicted octanol–water partition coefficient (Wildman–Crippen LogP) is 4.70. The van der Waals surface area contributed by atoms with Gasteiger partial charge in [-0.2, -0.15) is 0 Å². The molecule has 0 saturated carbocycles. The Hall–Kier alpha value is -1.30. The first-order valence-corrected chi connectivity index (χ1v) is 5.66. The van der Waals surface area contributed by atoms with Gasteiger partial charge < -0.3 is 0 Å². The molecule has 0 amide bonds. The molecule has 0 saturated heterocycles. The van der Waals surface area contributed by atoms with E-state index in [4.69, 9.17) is 0 Å². The highest BCUT2D eigenvalue weighted by atomic mass is 14.1. The van der Waals surface area contributed by atoms with Crippen LogP contribution in [0.5, 0.6) is 0 Å². The highest BCUT2D eigenvalue weighted by molar-refractivity contribution is 5.29. The van der Waals surface area contributed by atoms with Crippen LogP contribution in [0.4, 0.5) is 0 Å². The third-order valence-corrected chi connectivity index (χ3v) is 2.77. The van der Waals surface area contributed by atoms with Crippen LogP contribution >= 0.6 is 0 Å². The quantitative estimate of drug-likeness (QED) is 0.618. The maximum Gasteiger partial charge on any atom is 0.00228 e. The summed E-state index contributed by atoms with van der Waals surface area (Å²) in [5.74, 6) is 0.521. The van der Waals surface area contributed by atoms with Crippen LogP contribution in [0.25, 0.3) is 0 Å². The predicted molar refractivity (Wildman–Crippen MR) is 68.0 cm³/mol. The van der Waals surface area contributed by atoms with Crippen LogP contribution in [0.3, 0.4) is 0 Å². The van der Waals surface area contributed by atoms with Gasteiger partial charge in [-0.3, -0.25) is 0 Å². The molecule has 0 aliphatic rings. The van der Waals surface area contributed by atoms with Gasteiger partial charge in [0.25, 0.3) is 0 Å². The minimum absolute atomic E-state index is 0.521. The fourth-order valence-electron chi connectivity index (χ4n) is 1.74. The van der Waals surface area contributed by atoms with Crippen LogP contribution in [-0.2, 0) is 0 Å². The molecule has 0 spiro atoms. The lowest BCUT2D eigenvalue weighted by molar-refractivity contribution is 0.838. The van der Waals surface area contributed by atoms with Gasteiger partial charge in [-0.1, -0.05) is 68.0 Å². The zero-order valence-corrected chi connectivity index (χ0v) is 9.90. The normalized spacial score (nSPS) is 14.5. The van der Waals surface area contributed by atoms with Gasteiger partial charge in [0.1, 0.15) is 0 Å². The van der Waals surface area contributed by atoms with Crippen LogP contribution in [0, 0.1) is 0 Å². The van der Waals surface area contributed by atoms with E-state index < -0.39 is 0 Å². The van der Waals surface area contributed by atoms with Crippen molar-refractivity contribution in [1.29, 1.82) is 0 Å². The Kier molecular flexibility index (Phi) is 4.89. The maximum atomic E-state index is 2.27. The van der Waals surface area contributed by atoms with Gasteiger partial charge >= 0.3 is 0 Å². The standard InChI is InChI=1S/C15H20/c1-4-6-10-14(5-2)13(3)15-11-8-7-9-12-15/h4,6-13H,5H2,1-3H3/b6-4-,14-10+. The van der Waals surface area contributed by atoms with Crippen molar-refractivity contribution < 1.29 is 0 Å². The minimum atomic E-state index is 0.521. The Labute approximate surface area is 93.3 Å². The molecule has 1 aromatic carbocycles. The molecular weight excluding hydrogens is 180 g/mol. The number of benzene rings is 1. The Morgan fingerprint density at radius 3 is 2.47 bits per heavy atom. The fourth-order valence-corrected chi connectivity index (χ4v) is 1.74. The van der Waals surface area contributed by atoms with Crippen LogP contribution < -0.4 is 0 Å². The van der Waals surface area contributed by atoms with Gasteiger partial charge in [-0.15, -0.1) is 0 Å². The Bertz CT molecular complexity index is 330. The van der Waals surface area contributed by atoms with Gasteiger partial charge in [0.2, 0.25) is 0 Å². The second-order valence-electron chi connectivity index (χ2n) is 3.75. The molecular formula is C15H20. The summed E-state index contributed by atoms with van der Waals surface area (Å²) < 4.78 is 0. The summed E-state index contributed by atoms with van der Waals surface area (Å²) in [7, 11) is 0. The minimum Gasteiger partial charge on any atom is -0.0877 e. The van der Waals surface area contributed by atoms with Crippen LogP contribution in [-0.4, -0.2) is 0 Å². The molecule has 80 valence electrons. The lowest BCUT2D eigenvalue weighted by Gasteiger charge is -2.14. The van der Waals surface area contributed by atoms with Gasteiger partial charge in [0, 0.05) is 5.92 Å². The first kappa shape index (κ1) is 11.8. The number of hydrogen-bond donors (Lipinski definition) is 0. The summed E-state index contributed by atoms with van der Waals surface area (Å²) in [5, 5.41) is 0. The van der Waals surface area contributed by atoms with E-state index in [1.807, 2.05) is 0 Å². The second kappa shape index (κ2) is 6.23. The summed E-state index contributed by atoms with van der Waals surface area (Å²) in [6.07, 6.45) is 7.55. The van der Waals surface area contributed by atoms with Crippen molar-refractivity contribution in [2.75, 3.05) is 0 Å². The molecule has 0 radical (unpaired) electrons. The molecule has 15 heavy (non-hydrogen) atoms. The van der Waals surface area contributed by atoms with Crippen molar-refractivity contribution in [3.8, 4) is 0 Å². The summed E-state index contributed by atoms with van der Waals surface area (Å²) in [4.78, 5) is 0. The van der Waals surface area contributed by atoms with Crippen LogP contribution in [0.1, 0.15) is 38.7 Å². The lowest BCUT2D eigenvalue weighted by atomic mass is 9.91. The first-order valence-electron chi connectivity index (χ1n) is 5.66. The molecule has 0 N–H and O–H groups in total. The van der Waals surface area contributed by atoms with E-state index in [1.165, 1.54) is 11.1 Å². The second-order valence-corrected chi connectivity index (χ2v) is 3.75. The fraction of sp³-hybridized carbons (Fsp3) is 0.333. The molecule has 0 aromatic heterocycles. The molecule has 0 aliphatic heterocycles. The van der Waals surface area contributed by atoms with Crippen molar-refractivity contribution in [3.63, 3.8) is 0 Å². The number of hydrogen-bond acceptors (Lipinski definition) is 0. The van der Waals surface area contributed by atoms with Gasteiger partial charge in [-0.25, -0.2) is 0 Å². The smallest absolute Gasteiger partial charge is 0.00228 e. The zero-order valence-electron chi connectivity index (χ0n) is 9.90. The highest BCUT2D eigenvalue weighted by Gasteiger charge is 2.07. The van der Waals surface area contributed by atoms with E-state index in [2.05, 4.69) is 69.3 Å². The number of rotatable bonds is 4.